The Morgan fingerprint density at radius 2 is 1.96 bits per heavy atom. The molecule has 4 N–H and O–H groups in total. The van der Waals surface area contributed by atoms with E-state index in [4.69, 9.17) is 20.2 Å². The maximum atomic E-state index is 11.9. The van der Waals surface area contributed by atoms with Crippen molar-refractivity contribution >= 4 is 17.6 Å². The van der Waals surface area contributed by atoms with E-state index in [0.717, 1.165) is 0 Å². The smallest absolute Gasteiger partial charge is 0.335 e. The van der Waals surface area contributed by atoms with E-state index < -0.39 is 11.9 Å². The third kappa shape index (κ3) is 6.60. The summed E-state index contributed by atoms with van der Waals surface area (Å²) >= 11 is 0. The number of ether oxygens (including phenoxy) is 1. The van der Waals surface area contributed by atoms with E-state index in [9.17, 15) is 9.59 Å². The van der Waals surface area contributed by atoms with Crippen LogP contribution in [0, 0.1) is 11.3 Å². The van der Waals surface area contributed by atoms with Gasteiger partial charge in [-0.05, 0) is 24.3 Å². The van der Waals surface area contributed by atoms with Crippen molar-refractivity contribution in [2.75, 3.05) is 31.7 Å². The van der Waals surface area contributed by atoms with Gasteiger partial charge in [0.2, 0.25) is 0 Å². The van der Waals surface area contributed by atoms with Gasteiger partial charge < -0.3 is 25.6 Å². The minimum Gasteiger partial charge on any atom is -0.478 e. The third-order valence-corrected chi connectivity index (χ3v) is 2.63. The zero-order valence-electron chi connectivity index (χ0n) is 12.3. The molecule has 0 spiro atoms. The number of rotatable bonds is 9. The Labute approximate surface area is 133 Å². The molecule has 8 nitrogen and oxygen atoms in total. The Balaban J connectivity index is 2.53. The molecule has 1 aromatic rings. The van der Waals surface area contributed by atoms with Gasteiger partial charge in [0, 0.05) is 18.4 Å². The number of carboxylic acid groups (broad SMARTS) is 1. The van der Waals surface area contributed by atoms with Crippen LogP contribution in [-0.4, -0.2) is 48.5 Å². The zero-order chi connectivity index (χ0) is 17.1. The molecule has 0 aliphatic heterocycles. The van der Waals surface area contributed by atoms with Gasteiger partial charge >= 0.3 is 5.97 Å². The number of aliphatic hydroxyl groups excluding tert-OH is 1. The van der Waals surface area contributed by atoms with E-state index in [1.807, 2.05) is 0 Å². The fourth-order valence-electron chi connectivity index (χ4n) is 1.52. The van der Waals surface area contributed by atoms with Crippen LogP contribution in [0.4, 0.5) is 5.69 Å². The van der Waals surface area contributed by atoms with Crippen molar-refractivity contribution in [1.82, 2.24) is 5.32 Å². The van der Waals surface area contributed by atoms with Gasteiger partial charge in [0.25, 0.3) is 5.91 Å². The lowest BCUT2D eigenvalue weighted by molar-refractivity contribution is -0.112. The Bertz CT molecular complexity index is 605. The van der Waals surface area contributed by atoms with Crippen LogP contribution in [0.25, 0.3) is 0 Å². The summed E-state index contributed by atoms with van der Waals surface area (Å²) in [6.45, 7) is 0.867. The molecule has 0 saturated carbocycles. The van der Waals surface area contributed by atoms with Crippen LogP contribution in [0.1, 0.15) is 10.4 Å². The van der Waals surface area contributed by atoms with E-state index in [2.05, 4.69) is 10.6 Å². The van der Waals surface area contributed by atoms with Gasteiger partial charge in [-0.15, -0.1) is 0 Å². The normalized spacial score (nSPS) is 10.7. The van der Waals surface area contributed by atoms with Crippen LogP contribution < -0.4 is 10.6 Å². The first-order valence-corrected chi connectivity index (χ1v) is 6.75. The summed E-state index contributed by atoms with van der Waals surface area (Å²) in [6.07, 6.45) is 1.27. The van der Waals surface area contributed by atoms with Crippen molar-refractivity contribution in [3.05, 3.63) is 41.6 Å². The molecule has 1 rings (SSSR count). The summed E-state index contributed by atoms with van der Waals surface area (Å²) < 4.78 is 5.01. The highest BCUT2D eigenvalue weighted by molar-refractivity contribution is 6.06. The second-order valence-electron chi connectivity index (χ2n) is 4.30. The Morgan fingerprint density at radius 1 is 1.26 bits per heavy atom. The summed E-state index contributed by atoms with van der Waals surface area (Å²) in [5, 5.41) is 31.5. The number of aliphatic hydroxyl groups is 1. The van der Waals surface area contributed by atoms with Gasteiger partial charge in [-0.3, -0.25) is 4.79 Å². The lowest BCUT2D eigenvalue weighted by Crippen LogP contribution is -2.19. The van der Waals surface area contributed by atoms with Gasteiger partial charge in [0.1, 0.15) is 11.6 Å². The molecular weight excluding hydrogens is 302 g/mol. The van der Waals surface area contributed by atoms with E-state index in [1.54, 1.807) is 6.07 Å². The van der Waals surface area contributed by atoms with Crippen molar-refractivity contribution < 1.29 is 24.5 Å². The fraction of sp³-hybridized carbons (Fsp3) is 0.267. The third-order valence-electron chi connectivity index (χ3n) is 2.63. The molecule has 0 fully saturated rings. The summed E-state index contributed by atoms with van der Waals surface area (Å²) in [5.41, 5.74) is 0.352. The Kier molecular flexibility index (Phi) is 7.85. The first kappa shape index (κ1) is 18.2. The molecule has 0 radical (unpaired) electrons. The van der Waals surface area contributed by atoms with E-state index >= 15 is 0 Å². The molecule has 0 saturated heterocycles. The molecule has 0 unspecified atom stereocenters. The topological polar surface area (TPSA) is 132 Å². The van der Waals surface area contributed by atoms with Crippen LogP contribution in [-0.2, 0) is 9.53 Å². The zero-order valence-corrected chi connectivity index (χ0v) is 12.3. The largest absolute Gasteiger partial charge is 0.478 e. The molecule has 0 bridgehead atoms. The monoisotopic (exact) mass is 319 g/mol. The highest BCUT2D eigenvalue weighted by atomic mass is 16.5. The molecule has 0 atom stereocenters. The van der Waals surface area contributed by atoms with Crippen molar-refractivity contribution in [3.8, 4) is 6.07 Å². The standard InChI is InChI=1S/C15H17N3O5/c16-9-12(10-17-5-7-23-8-6-19)14(20)18-13-3-1-11(2-4-13)15(21)22/h1-4,10,17,19H,5-8H2,(H,18,20)(H,21,22)/b12-10-. The minimum absolute atomic E-state index is 0.0671. The van der Waals surface area contributed by atoms with Crippen molar-refractivity contribution in [2.45, 2.75) is 0 Å². The number of nitrogens with one attached hydrogen (secondary N) is 2. The van der Waals surface area contributed by atoms with Crippen molar-refractivity contribution in [1.29, 1.82) is 5.26 Å². The predicted octanol–water partition coefficient (Wildman–Crippen LogP) is 0.329. The number of carbonyl (C=O) groups excluding carboxylic acids is 1. The van der Waals surface area contributed by atoms with Crippen LogP contribution in [0.2, 0.25) is 0 Å². The molecule has 1 amide bonds. The molecule has 8 heteroatoms. The summed E-state index contributed by atoms with van der Waals surface area (Å²) in [6, 6.07) is 7.34. The Hall–Kier alpha value is -2.89. The number of hydrogen-bond acceptors (Lipinski definition) is 6. The lowest BCUT2D eigenvalue weighted by Gasteiger charge is -2.06. The van der Waals surface area contributed by atoms with Gasteiger partial charge in [-0.1, -0.05) is 0 Å². The number of aromatic carboxylic acids is 1. The number of nitrogens with zero attached hydrogens (tertiary/aromatic N) is 1. The van der Waals surface area contributed by atoms with Gasteiger partial charge in [-0.25, -0.2) is 4.79 Å². The van der Waals surface area contributed by atoms with Crippen LogP contribution in [0.15, 0.2) is 36.0 Å². The Morgan fingerprint density at radius 3 is 2.52 bits per heavy atom. The van der Waals surface area contributed by atoms with E-state index in [-0.39, 0.29) is 24.4 Å². The number of benzene rings is 1. The van der Waals surface area contributed by atoms with Crippen LogP contribution in [0.5, 0.6) is 0 Å². The van der Waals surface area contributed by atoms with Gasteiger partial charge in [0.15, 0.2) is 0 Å². The molecule has 0 aliphatic carbocycles. The predicted molar refractivity (Wildman–Crippen MR) is 81.6 cm³/mol. The summed E-state index contributed by atoms with van der Waals surface area (Å²) in [4.78, 5) is 22.6. The highest BCUT2D eigenvalue weighted by Gasteiger charge is 2.09. The number of carbonyl (C=O) groups is 2. The quantitative estimate of drug-likeness (QED) is 0.293. The first-order chi connectivity index (χ1) is 11.1. The van der Waals surface area contributed by atoms with Crippen LogP contribution >= 0.6 is 0 Å². The average molecular weight is 319 g/mol. The SMILES string of the molecule is N#C/C(=C/NCCOCCO)C(=O)Nc1ccc(C(=O)O)cc1. The molecule has 122 valence electrons. The van der Waals surface area contributed by atoms with Gasteiger partial charge in [-0.2, -0.15) is 5.26 Å². The van der Waals surface area contributed by atoms with Crippen molar-refractivity contribution in [2.24, 2.45) is 0 Å². The second kappa shape index (κ2) is 9.94. The number of amides is 1. The lowest BCUT2D eigenvalue weighted by atomic mass is 10.2. The molecule has 0 aromatic heterocycles. The van der Waals surface area contributed by atoms with Gasteiger partial charge in [0.05, 0.1) is 25.4 Å². The molecule has 23 heavy (non-hydrogen) atoms. The number of hydrogen-bond donors (Lipinski definition) is 4. The maximum absolute atomic E-state index is 11.9. The number of carboxylic acids is 1. The number of nitriles is 1. The summed E-state index contributed by atoms with van der Waals surface area (Å²) in [7, 11) is 0. The highest BCUT2D eigenvalue weighted by Crippen LogP contribution is 2.10. The fourth-order valence-corrected chi connectivity index (χ4v) is 1.52. The first-order valence-electron chi connectivity index (χ1n) is 6.75. The molecule has 0 heterocycles. The molecule has 1 aromatic carbocycles. The second-order valence-corrected chi connectivity index (χ2v) is 4.30. The van der Waals surface area contributed by atoms with Crippen LogP contribution in [0.3, 0.4) is 0 Å². The average Bonchev–Trinajstić information content (AvgIpc) is 2.54. The molecule has 0 aliphatic rings. The van der Waals surface area contributed by atoms with E-state index in [1.165, 1.54) is 30.5 Å². The van der Waals surface area contributed by atoms with E-state index in [0.29, 0.717) is 18.8 Å². The maximum Gasteiger partial charge on any atom is 0.335 e. The number of anilines is 1. The molecular formula is C15H17N3O5. The van der Waals surface area contributed by atoms with Crippen molar-refractivity contribution in [3.63, 3.8) is 0 Å². The summed E-state index contributed by atoms with van der Waals surface area (Å²) in [5.74, 6) is -1.67. The minimum atomic E-state index is -1.06.